The standard InChI is InChI=1S/C29H37N11O5S/c1-39(17-19-15-32-26-24(34-19)25(30)36-29(31)37-26)20-5-3-18(4-6-20)27(42)35-23(28(43)44)10-9-22(41)8-7-21-16-33-38-40(21)11-12-45-13-14-46-2/h3-6,15-16,23H,7-14,17H2,1-2H3,(H,35,42)(H,43,44)(H4,30,31,32,36,37). The Hall–Kier alpha value is -4.90. The highest BCUT2D eigenvalue weighted by atomic mass is 32.2. The van der Waals surface area contributed by atoms with Crippen LogP contribution in [0.25, 0.3) is 11.2 Å². The predicted octanol–water partition coefficient (Wildman–Crippen LogP) is 1.36. The lowest BCUT2D eigenvalue weighted by atomic mass is 10.0. The summed E-state index contributed by atoms with van der Waals surface area (Å²) in [6.07, 6.45) is 5.79. The number of aryl methyl sites for hydroxylation is 1. The topological polar surface area (TPSA) is 230 Å². The molecule has 0 saturated heterocycles. The molecule has 4 rings (SSSR count). The van der Waals surface area contributed by atoms with Crippen LogP contribution < -0.4 is 21.7 Å². The molecule has 4 aromatic rings. The van der Waals surface area contributed by atoms with Gasteiger partial charge in [0.15, 0.2) is 17.0 Å². The van der Waals surface area contributed by atoms with E-state index < -0.39 is 17.9 Å². The number of hydrogen-bond acceptors (Lipinski definition) is 14. The number of hydrogen-bond donors (Lipinski definition) is 4. The van der Waals surface area contributed by atoms with Crippen molar-refractivity contribution < 1.29 is 24.2 Å². The lowest BCUT2D eigenvalue weighted by Gasteiger charge is -2.19. The molecule has 1 aromatic carbocycles. The Kier molecular flexibility index (Phi) is 12.1. The summed E-state index contributed by atoms with van der Waals surface area (Å²) in [5, 5.41) is 20.2. The summed E-state index contributed by atoms with van der Waals surface area (Å²) in [6.45, 7) is 2.05. The summed E-state index contributed by atoms with van der Waals surface area (Å²) in [4.78, 5) is 55.9. The number of carbonyl (C=O) groups excluding carboxylic acids is 2. The number of carboxylic acids is 1. The van der Waals surface area contributed by atoms with Crippen LogP contribution in [0.15, 0.2) is 36.7 Å². The Morgan fingerprint density at radius 3 is 2.61 bits per heavy atom. The Bertz CT molecular complexity index is 1650. The zero-order chi connectivity index (χ0) is 33.1. The van der Waals surface area contributed by atoms with Gasteiger partial charge in [0.1, 0.15) is 11.8 Å². The first-order valence-corrected chi connectivity index (χ1v) is 15.9. The number of thioether (sulfide) groups is 1. The second-order valence-electron chi connectivity index (χ2n) is 10.4. The van der Waals surface area contributed by atoms with E-state index in [0.29, 0.717) is 49.6 Å². The van der Waals surface area contributed by atoms with Crippen molar-refractivity contribution in [3.8, 4) is 0 Å². The molecule has 46 heavy (non-hydrogen) atoms. The minimum Gasteiger partial charge on any atom is -0.480 e. The van der Waals surface area contributed by atoms with Crippen LogP contribution in [0.1, 0.15) is 41.0 Å². The molecule has 0 aliphatic rings. The molecule has 0 spiro atoms. The summed E-state index contributed by atoms with van der Waals surface area (Å²) < 4.78 is 7.26. The van der Waals surface area contributed by atoms with E-state index in [1.165, 1.54) is 0 Å². The van der Waals surface area contributed by atoms with Crippen LogP contribution >= 0.6 is 11.8 Å². The number of ether oxygens (including phenoxy) is 1. The maximum Gasteiger partial charge on any atom is 0.326 e. The maximum absolute atomic E-state index is 12.9. The molecule has 3 aromatic heterocycles. The lowest BCUT2D eigenvalue weighted by Crippen LogP contribution is -2.41. The van der Waals surface area contributed by atoms with Crippen molar-refractivity contribution >= 4 is 58.0 Å². The van der Waals surface area contributed by atoms with Gasteiger partial charge in [0.2, 0.25) is 5.95 Å². The third kappa shape index (κ3) is 9.55. The van der Waals surface area contributed by atoms with Gasteiger partial charge in [-0.2, -0.15) is 21.7 Å². The first-order valence-electron chi connectivity index (χ1n) is 14.5. The molecule has 1 unspecified atom stereocenters. The molecule has 0 aliphatic carbocycles. The van der Waals surface area contributed by atoms with E-state index in [4.69, 9.17) is 16.2 Å². The van der Waals surface area contributed by atoms with Crippen LogP contribution in [0.3, 0.4) is 0 Å². The molecule has 0 fully saturated rings. The van der Waals surface area contributed by atoms with Crippen LogP contribution in [0.5, 0.6) is 0 Å². The average Bonchev–Trinajstić information content (AvgIpc) is 3.49. The van der Waals surface area contributed by atoms with E-state index in [2.05, 4.69) is 35.6 Å². The van der Waals surface area contributed by atoms with Gasteiger partial charge in [0, 0.05) is 36.9 Å². The number of benzene rings is 1. The first kappa shape index (κ1) is 34.0. The van der Waals surface area contributed by atoms with Crippen molar-refractivity contribution in [1.82, 2.24) is 40.2 Å². The van der Waals surface area contributed by atoms with E-state index in [1.807, 2.05) is 18.2 Å². The second kappa shape index (κ2) is 16.4. The molecule has 1 amide bonds. The van der Waals surface area contributed by atoms with E-state index in [9.17, 15) is 19.5 Å². The number of carbonyl (C=O) groups is 3. The number of rotatable bonds is 18. The maximum atomic E-state index is 12.9. The largest absolute Gasteiger partial charge is 0.480 e. The van der Waals surface area contributed by atoms with Crippen molar-refractivity contribution in [2.24, 2.45) is 0 Å². The average molecular weight is 652 g/mol. The molecule has 0 bridgehead atoms. The Labute approximate surface area is 269 Å². The predicted molar refractivity (Wildman–Crippen MR) is 173 cm³/mol. The highest BCUT2D eigenvalue weighted by Crippen LogP contribution is 2.19. The van der Waals surface area contributed by atoms with Gasteiger partial charge in [-0.05, 0) is 43.4 Å². The van der Waals surface area contributed by atoms with Crippen LogP contribution in [-0.2, 0) is 33.8 Å². The smallest absolute Gasteiger partial charge is 0.326 e. The van der Waals surface area contributed by atoms with Gasteiger partial charge < -0.3 is 31.5 Å². The van der Waals surface area contributed by atoms with Gasteiger partial charge in [-0.25, -0.2) is 19.4 Å². The number of Topliss-reactive ketones (excluding diaryl/α,β-unsaturated/α-hetero) is 1. The summed E-state index contributed by atoms with van der Waals surface area (Å²) in [7, 11) is 1.84. The molecular formula is C29H37N11O5S. The van der Waals surface area contributed by atoms with E-state index in [0.717, 1.165) is 17.1 Å². The van der Waals surface area contributed by atoms with Crippen LogP contribution in [-0.4, -0.2) is 96.0 Å². The van der Waals surface area contributed by atoms with Gasteiger partial charge in [-0.1, -0.05) is 5.21 Å². The number of ketones is 1. The highest BCUT2D eigenvalue weighted by molar-refractivity contribution is 7.98. The number of amides is 1. The molecule has 6 N–H and O–H groups in total. The van der Waals surface area contributed by atoms with Gasteiger partial charge in [0.05, 0.1) is 50.1 Å². The fourth-order valence-corrected chi connectivity index (χ4v) is 4.80. The summed E-state index contributed by atoms with van der Waals surface area (Å²) in [5.74, 6) is -0.824. The fourth-order valence-electron chi connectivity index (χ4n) is 4.51. The van der Waals surface area contributed by atoms with Crippen LogP contribution in [0.4, 0.5) is 17.5 Å². The number of fused-ring (bicyclic) bond motifs is 1. The number of aliphatic carboxylic acids is 1. The summed E-state index contributed by atoms with van der Waals surface area (Å²) in [5.41, 5.74) is 14.7. The number of nitrogen functional groups attached to an aromatic ring is 2. The molecule has 3 heterocycles. The number of nitrogens with one attached hydrogen (secondary N) is 1. The number of nitrogens with two attached hydrogens (primary N) is 2. The number of nitrogens with zero attached hydrogens (tertiary/aromatic N) is 8. The zero-order valence-corrected chi connectivity index (χ0v) is 26.4. The molecule has 0 aliphatic heterocycles. The van der Waals surface area contributed by atoms with Gasteiger partial charge in [-0.3, -0.25) is 9.59 Å². The Morgan fingerprint density at radius 1 is 1.09 bits per heavy atom. The Morgan fingerprint density at radius 2 is 1.87 bits per heavy atom. The minimum atomic E-state index is -1.22. The third-order valence-electron chi connectivity index (χ3n) is 7.02. The van der Waals surface area contributed by atoms with Crippen LogP contribution in [0.2, 0.25) is 0 Å². The van der Waals surface area contributed by atoms with Crippen molar-refractivity contribution in [2.75, 3.05) is 48.6 Å². The van der Waals surface area contributed by atoms with Crippen LogP contribution in [0, 0.1) is 0 Å². The summed E-state index contributed by atoms with van der Waals surface area (Å²) in [6, 6.07) is 5.43. The normalized spacial score (nSPS) is 11.8. The molecular weight excluding hydrogens is 614 g/mol. The molecule has 244 valence electrons. The molecule has 1 atom stereocenters. The lowest BCUT2D eigenvalue weighted by molar-refractivity contribution is -0.139. The number of aromatic nitrogens is 7. The zero-order valence-electron chi connectivity index (χ0n) is 25.6. The van der Waals surface area contributed by atoms with E-state index in [1.54, 1.807) is 53.1 Å². The van der Waals surface area contributed by atoms with Crippen molar-refractivity contribution in [2.45, 2.75) is 44.8 Å². The third-order valence-corrected chi connectivity index (χ3v) is 7.60. The second-order valence-corrected chi connectivity index (χ2v) is 11.4. The fraction of sp³-hybridized carbons (Fsp3) is 0.414. The molecule has 0 radical (unpaired) electrons. The molecule has 17 heteroatoms. The minimum absolute atomic E-state index is 0.00314. The number of carboxylic acid groups (broad SMARTS) is 1. The van der Waals surface area contributed by atoms with Crippen molar-refractivity contribution in [3.63, 3.8) is 0 Å². The Balaban J connectivity index is 1.25. The van der Waals surface area contributed by atoms with E-state index in [-0.39, 0.29) is 42.4 Å². The molecule has 16 nitrogen and oxygen atoms in total. The van der Waals surface area contributed by atoms with Gasteiger partial charge in [0.25, 0.3) is 5.91 Å². The summed E-state index contributed by atoms with van der Waals surface area (Å²) >= 11 is 1.71. The van der Waals surface area contributed by atoms with E-state index >= 15 is 0 Å². The molecule has 0 saturated carbocycles. The van der Waals surface area contributed by atoms with Gasteiger partial charge >= 0.3 is 5.97 Å². The highest BCUT2D eigenvalue weighted by Gasteiger charge is 2.22. The van der Waals surface area contributed by atoms with Crippen molar-refractivity contribution in [3.05, 3.63) is 53.6 Å². The first-order chi connectivity index (χ1) is 22.1. The quantitative estimate of drug-likeness (QED) is 0.111. The number of anilines is 3. The van der Waals surface area contributed by atoms with Crippen molar-refractivity contribution in [1.29, 1.82) is 0 Å². The van der Waals surface area contributed by atoms with Gasteiger partial charge in [-0.15, -0.1) is 5.10 Å². The monoisotopic (exact) mass is 651 g/mol. The SMILES string of the molecule is CSCCOCCn1nncc1CCC(=O)CCC(NC(=O)c1ccc(N(C)Cc2cnc3nc(N)nc(N)c3n2)cc1)C(=O)O.